The van der Waals surface area contributed by atoms with Crippen LogP contribution in [0.1, 0.15) is 38.8 Å². The molecule has 0 amide bonds. The van der Waals surface area contributed by atoms with Crippen LogP contribution in [0.25, 0.3) is 88.8 Å². The molecular weight excluding hydrogens is 623 g/mol. The summed E-state index contributed by atoms with van der Waals surface area (Å²) in [5, 5.41) is 7.02. The highest BCUT2D eigenvalue weighted by Gasteiger charge is 2.47. The Hall–Kier alpha value is -6.13. The topological polar surface area (TPSA) is 51.8 Å². The number of furan rings is 1. The van der Waals surface area contributed by atoms with Crippen LogP contribution in [-0.4, -0.2) is 15.0 Å². The minimum atomic E-state index is -0.242. The van der Waals surface area contributed by atoms with Crippen molar-refractivity contribution in [1.29, 1.82) is 0 Å². The number of fused-ring (bicyclic) bond motifs is 10. The van der Waals surface area contributed by atoms with E-state index in [0.29, 0.717) is 17.5 Å². The molecular formula is C47H35N3O. The summed E-state index contributed by atoms with van der Waals surface area (Å²) in [6.07, 6.45) is 0. The Bertz CT molecular complexity index is 2860. The second kappa shape index (κ2) is 10.7. The fourth-order valence-electron chi connectivity index (χ4n) is 8.45. The Kier molecular flexibility index (Phi) is 6.23. The van der Waals surface area contributed by atoms with Gasteiger partial charge >= 0.3 is 0 Å². The average Bonchev–Trinajstić information content (AvgIpc) is 3.56. The normalized spacial score (nSPS) is 14.6. The molecule has 0 fully saturated rings. The van der Waals surface area contributed by atoms with Crippen LogP contribution in [0.15, 0.2) is 144 Å². The van der Waals surface area contributed by atoms with Gasteiger partial charge in [0.25, 0.3) is 0 Å². The Morgan fingerprint density at radius 2 is 1.08 bits per heavy atom. The predicted octanol–water partition coefficient (Wildman–Crippen LogP) is 12.3. The predicted molar refractivity (Wildman–Crippen MR) is 210 cm³/mol. The summed E-state index contributed by atoms with van der Waals surface area (Å²) < 4.78 is 6.31. The molecule has 0 saturated heterocycles. The lowest BCUT2D eigenvalue weighted by Crippen LogP contribution is -2.43. The fraction of sp³-hybridized carbons (Fsp3) is 0.128. The van der Waals surface area contributed by atoms with Crippen molar-refractivity contribution in [3.63, 3.8) is 0 Å². The van der Waals surface area contributed by atoms with Crippen LogP contribution >= 0.6 is 0 Å². The zero-order valence-corrected chi connectivity index (χ0v) is 29.0. The molecule has 0 radical (unpaired) electrons. The molecule has 0 N–H and O–H groups in total. The van der Waals surface area contributed by atoms with Crippen LogP contribution in [0.2, 0.25) is 0 Å². The summed E-state index contributed by atoms with van der Waals surface area (Å²) >= 11 is 0. The molecule has 0 unspecified atom stereocenters. The first-order valence-corrected chi connectivity index (χ1v) is 17.6. The highest BCUT2D eigenvalue weighted by atomic mass is 16.3. The van der Waals surface area contributed by atoms with Crippen LogP contribution in [0, 0.1) is 0 Å². The van der Waals surface area contributed by atoms with E-state index in [9.17, 15) is 0 Å². The van der Waals surface area contributed by atoms with E-state index in [2.05, 4.69) is 119 Å². The number of nitrogens with zero attached hydrogens (tertiary/aromatic N) is 3. The van der Waals surface area contributed by atoms with Crippen LogP contribution < -0.4 is 0 Å². The van der Waals surface area contributed by atoms with Gasteiger partial charge in [-0.2, -0.15) is 0 Å². The van der Waals surface area contributed by atoms with Crippen molar-refractivity contribution in [2.45, 2.75) is 38.5 Å². The van der Waals surface area contributed by atoms with Crippen LogP contribution in [-0.2, 0) is 10.8 Å². The van der Waals surface area contributed by atoms with E-state index in [-0.39, 0.29) is 10.8 Å². The Labute approximate surface area is 296 Å². The lowest BCUT2D eigenvalue weighted by Gasteiger charge is -2.49. The van der Waals surface area contributed by atoms with E-state index >= 15 is 0 Å². The molecule has 2 heterocycles. The van der Waals surface area contributed by atoms with E-state index in [4.69, 9.17) is 19.4 Å². The Balaban J connectivity index is 1.36. The largest absolute Gasteiger partial charge is 0.456 e. The molecule has 4 heteroatoms. The summed E-state index contributed by atoms with van der Waals surface area (Å²) in [5.74, 6) is 1.91. The lowest BCUT2D eigenvalue weighted by atomic mass is 9.54. The van der Waals surface area contributed by atoms with Crippen LogP contribution in [0.5, 0.6) is 0 Å². The van der Waals surface area contributed by atoms with Crippen LogP contribution in [0.4, 0.5) is 0 Å². The van der Waals surface area contributed by atoms with Gasteiger partial charge in [-0.1, -0.05) is 149 Å². The molecule has 0 aliphatic heterocycles. The maximum absolute atomic E-state index is 6.31. The summed E-state index contributed by atoms with van der Waals surface area (Å²) in [7, 11) is 0. The number of para-hydroxylation sites is 1. The first kappa shape index (κ1) is 29.8. The first-order valence-electron chi connectivity index (χ1n) is 17.6. The molecule has 0 saturated carbocycles. The molecule has 244 valence electrons. The van der Waals surface area contributed by atoms with Gasteiger partial charge in [-0.05, 0) is 67.4 Å². The minimum absolute atomic E-state index is 0.156. The minimum Gasteiger partial charge on any atom is -0.456 e. The van der Waals surface area contributed by atoms with E-state index in [1.807, 2.05) is 48.5 Å². The third-order valence-corrected chi connectivity index (χ3v) is 11.6. The monoisotopic (exact) mass is 657 g/mol. The van der Waals surface area contributed by atoms with Crippen molar-refractivity contribution in [2.75, 3.05) is 0 Å². The van der Waals surface area contributed by atoms with Gasteiger partial charge in [0.05, 0.1) is 0 Å². The summed E-state index contributed by atoms with van der Waals surface area (Å²) in [6, 6.07) is 49.0. The summed E-state index contributed by atoms with van der Waals surface area (Å²) in [4.78, 5) is 15.9. The highest BCUT2D eigenvalue weighted by molar-refractivity contribution is 6.15. The quantitative estimate of drug-likeness (QED) is 0.177. The summed E-state index contributed by atoms with van der Waals surface area (Å²) in [6.45, 7) is 9.60. The van der Waals surface area contributed by atoms with Gasteiger partial charge in [-0.15, -0.1) is 0 Å². The number of hydrogen-bond acceptors (Lipinski definition) is 4. The number of aromatic nitrogens is 3. The van der Waals surface area contributed by atoms with Gasteiger partial charge < -0.3 is 4.42 Å². The van der Waals surface area contributed by atoms with Crippen molar-refractivity contribution in [2.24, 2.45) is 0 Å². The molecule has 51 heavy (non-hydrogen) atoms. The molecule has 2 aromatic heterocycles. The van der Waals surface area contributed by atoms with E-state index in [1.54, 1.807) is 0 Å². The number of benzene rings is 7. The standard InChI is InChI=1S/C47H35N3O/c1-46(2)36-22-12-10-19-32(36)41-35(27-30-26-25-28-15-8-9-18-31(28)39(30)42(41)47(46,3)4)45-49-43(29-16-6-5-7-17-29)48-44(50-45)34-21-14-24-38-40(34)33-20-11-13-23-37(33)51-38/h5-27H,1-4H3. The van der Waals surface area contributed by atoms with Gasteiger partial charge in [0, 0.05) is 32.9 Å². The molecule has 7 aromatic carbocycles. The van der Waals surface area contributed by atoms with Gasteiger partial charge in [0.15, 0.2) is 17.5 Å². The van der Waals surface area contributed by atoms with E-state index < -0.39 is 0 Å². The molecule has 0 bridgehead atoms. The Morgan fingerprint density at radius 1 is 0.451 bits per heavy atom. The first-order chi connectivity index (χ1) is 24.8. The smallest absolute Gasteiger partial charge is 0.164 e. The van der Waals surface area contributed by atoms with Crippen molar-refractivity contribution in [1.82, 2.24) is 15.0 Å². The third-order valence-electron chi connectivity index (χ3n) is 11.6. The number of hydrogen-bond donors (Lipinski definition) is 0. The SMILES string of the molecule is CC1(C)c2ccccc2-c2c(-c3nc(-c4ccccc4)nc(-c4cccc5oc6ccccc6c45)n3)cc3ccc4ccccc4c3c2C1(C)C. The van der Waals surface area contributed by atoms with Crippen molar-refractivity contribution in [3.05, 3.63) is 151 Å². The third kappa shape index (κ3) is 4.23. The maximum Gasteiger partial charge on any atom is 0.164 e. The number of rotatable bonds is 3. The van der Waals surface area contributed by atoms with Gasteiger partial charge in [-0.25, -0.2) is 15.0 Å². The molecule has 10 rings (SSSR count). The van der Waals surface area contributed by atoms with Crippen molar-refractivity contribution >= 4 is 43.5 Å². The van der Waals surface area contributed by atoms with Crippen LogP contribution in [0.3, 0.4) is 0 Å². The zero-order valence-electron chi connectivity index (χ0n) is 29.0. The van der Waals surface area contributed by atoms with Gasteiger partial charge in [-0.3, -0.25) is 0 Å². The molecule has 1 aliphatic rings. The molecule has 4 nitrogen and oxygen atoms in total. The molecule has 0 atom stereocenters. The zero-order chi connectivity index (χ0) is 34.5. The fourth-order valence-corrected chi connectivity index (χ4v) is 8.45. The molecule has 0 spiro atoms. The van der Waals surface area contributed by atoms with E-state index in [0.717, 1.165) is 38.6 Å². The second-order valence-electron chi connectivity index (χ2n) is 14.8. The Morgan fingerprint density at radius 3 is 1.92 bits per heavy atom. The lowest BCUT2D eigenvalue weighted by molar-refractivity contribution is 0.301. The van der Waals surface area contributed by atoms with Gasteiger partial charge in [0.2, 0.25) is 0 Å². The molecule has 1 aliphatic carbocycles. The second-order valence-corrected chi connectivity index (χ2v) is 14.8. The van der Waals surface area contributed by atoms with Gasteiger partial charge in [0.1, 0.15) is 11.2 Å². The summed E-state index contributed by atoms with van der Waals surface area (Å²) in [5.41, 5.74) is 9.21. The average molecular weight is 658 g/mol. The maximum atomic E-state index is 6.31. The van der Waals surface area contributed by atoms with E-state index in [1.165, 1.54) is 43.8 Å². The van der Waals surface area contributed by atoms with Crippen molar-refractivity contribution in [3.8, 4) is 45.3 Å². The van der Waals surface area contributed by atoms with Crippen molar-refractivity contribution < 1.29 is 4.42 Å². The molecule has 9 aromatic rings. The highest BCUT2D eigenvalue weighted by Crippen LogP contribution is 2.58.